The Morgan fingerprint density at radius 3 is 2.59 bits per heavy atom. The van der Waals surface area contributed by atoms with Gasteiger partial charge in [0.05, 0.1) is 6.42 Å². The number of hydrogen-bond acceptors (Lipinski definition) is 4. The third kappa shape index (κ3) is 3.42. The van der Waals surface area contributed by atoms with Gasteiger partial charge in [0.1, 0.15) is 6.04 Å². The van der Waals surface area contributed by atoms with Crippen LogP contribution in [0.5, 0.6) is 0 Å². The van der Waals surface area contributed by atoms with Gasteiger partial charge >= 0.3 is 6.03 Å². The maximum Gasteiger partial charge on any atom is 0.322 e. The van der Waals surface area contributed by atoms with Crippen molar-refractivity contribution in [1.29, 1.82) is 0 Å². The van der Waals surface area contributed by atoms with Crippen molar-refractivity contribution in [3.05, 3.63) is 0 Å². The van der Waals surface area contributed by atoms with Crippen molar-refractivity contribution < 1.29 is 19.2 Å². The highest BCUT2D eigenvalue weighted by molar-refractivity contribution is 6.19. The summed E-state index contributed by atoms with van der Waals surface area (Å²) < 4.78 is 0. The molecule has 94 valence electrons. The number of alkyl halides is 1. The Labute approximate surface area is 102 Å². The molecule has 1 fully saturated rings. The number of likely N-dealkylation sites (tertiary alicyclic amines) is 1. The Bertz CT molecular complexity index is 371. The summed E-state index contributed by atoms with van der Waals surface area (Å²) in [6.07, 6.45) is -0.0845. The van der Waals surface area contributed by atoms with Gasteiger partial charge in [0, 0.05) is 19.3 Å². The number of imide groups is 2. The summed E-state index contributed by atoms with van der Waals surface area (Å²) in [5.41, 5.74) is 0. The highest BCUT2D eigenvalue weighted by atomic mass is 35.5. The van der Waals surface area contributed by atoms with Crippen molar-refractivity contribution in [1.82, 2.24) is 15.5 Å². The quantitative estimate of drug-likeness (QED) is 0.513. The molecule has 0 bridgehead atoms. The fraction of sp³-hybridized carbons (Fsp3) is 0.556. The molecule has 0 radical (unpaired) electrons. The van der Waals surface area contributed by atoms with Crippen molar-refractivity contribution in [3.63, 3.8) is 0 Å². The summed E-state index contributed by atoms with van der Waals surface area (Å²) in [5.74, 6) is -1.30. The topological polar surface area (TPSA) is 95.6 Å². The number of urea groups is 1. The van der Waals surface area contributed by atoms with Gasteiger partial charge in [-0.1, -0.05) is 0 Å². The van der Waals surface area contributed by atoms with Gasteiger partial charge in [-0.15, -0.1) is 11.6 Å². The zero-order valence-electron chi connectivity index (χ0n) is 9.16. The van der Waals surface area contributed by atoms with Crippen LogP contribution in [0.4, 0.5) is 4.79 Å². The summed E-state index contributed by atoms with van der Waals surface area (Å²) in [5, 5.41) is 4.26. The van der Waals surface area contributed by atoms with Gasteiger partial charge in [0.25, 0.3) is 5.91 Å². The van der Waals surface area contributed by atoms with Crippen LogP contribution in [0.1, 0.15) is 12.8 Å². The van der Waals surface area contributed by atoms with Crippen molar-refractivity contribution in [3.8, 4) is 0 Å². The molecule has 17 heavy (non-hydrogen) atoms. The van der Waals surface area contributed by atoms with Crippen molar-refractivity contribution in [2.45, 2.75) is 18.9 Å². The van der Waals surface area contributed by atoms with Crippen LogP contribution in [-0.4, -0.2) is 47.6 Å². The summed E-state index contributed by atoms with van der Waals surface area (Å²) >= 11 is 5.31. The Balaban J connectivity index is 2.45. The molecule has 0 aromatic rings. The van der Waals surface area contributed by atoms with Crippen molar-refractivity contribution >= 4 is 35.4 Å². The average Bonchev–Trinajstić information content (AvgIpc) is 2.46. The smallest absolute Gasteiger partial charge is 0.322 e. The number of nitrogens with zero attached hydrogens (tertiary/aromatic N) is 1. The largest absolute Gasteiger partial charge is 0.325 e. The molecule has 1 atom stereocenters. The van der Waals surface area contributed by atoms with Crippen LogP contribution in [0.3, 0.4) is 0 Å². The van der Waals surface area contributed by atoms with Crippen molar-refractivity contribution in [2.75, 3.05) is 12.9 Å². The monoisotopic (exact) mass is 261 g/mol. The first-order valence-corrected chi connectivity index (χ1v) is 5.46. The Morgan fingerprint density at radius 2 is 2.12 bits per heavy atom. The van der Waals surface area contributed by atoms with Crippen LogP contribution in [0.2, 0.25) is 0 Å². The van der Waals surface area contributed by atoms with Crippen LogP contribution < -0.4 is 10.6 Å². The number of amides is 5. The van der Waals surface area contributed by atoms with Crippen LogP contribution in [-0.2, 0) is 14.4 Å². The van der Waals surface area contributed by atoms with Gasteiger partial charge in [0.2, 0.25) is 11.8 Å². The van der Waals surface area contributed by atoms with E-state index in [0.29, 0.717) is 0 Å². The van der Waals surface area contributed by atoms with E-state index in [9.17, 15) is 19.2 Å². The molecule has 8 heteroatoms. The number of carbonyl (C=O) groups is 4. The zero-order chi connectivity index (χ0) is 13.0. The fourth-order valence-corrected chi connectivity index (χ4v) is 1.51. The summed E-state index contributed by atoms with van der Waals surface area (Å²) in [6.45, 7) is 0. The number of carbonyl (C=O) groups excluding carboxylic acids is 4. The molecule has 1 saturated heterocycles. The fourth-order valence-electron chi connectivity index (χ4n) is 1.34. The van der Waals surface area contributed by atoms with E-state index >= 15 is 0 Å². The Kier molecular flexibility index (Phi) is 4.45. The van der Waals surface area contributed by atoms with Gasteiger partial charge in [0.15, 0.2) is 0 Å². The van der Waals surface area contributed by atoms with E-state index in [1.54, 1.807) is 0 Å². The maximum absolute atomic E-state index is 11.4. The van der Waals surface area contributed by atoms with Crippen LogP contribution in [0.15, 0.2) is 0 Å². The minimum Gasteiger partial charge on any atom is -0.325 e. The first-order valence-electron chi connectivity index (χ1n) is 4.92. The number of halogens is 1. The molecule has 0 spiro atoms. The van der Waals surface area contributed by atoms with E-state index in [1.165, 1.54) is 7.05 Å². The van der Waals surface area contributed by atoms with E-state index in [1.807, 2.05) is 5.32 Å². The lowest BCUT2D eigenvalue weighted by Gasteiger charge is -2.11. The molecule has 1 rings (SSSR count). The lowest BCUT2D eigenvalue weighted by Crippen LogP contribution is -2.47. The molecule has 1 heterocycles. The second kappa shape index (κ2) is 5.62. The molecule has 0 aliphatic carbocycles. The van der Waals surface area contributed by atoms with E-state index in [0.717, 1.165) is 4.90 Å². The van der Waals surface area contributed by atoms with Gasteiger partial charge in [-0.25, -0.2) is 4.79 Å². The standard InChI is InChI=1S/C9H12ClN3O4/c1-13-7(15)4-5(8(13)16)11-9(17)12-6(14)2-3-10/h5H,2-4H2,1H3,(H2,11,12,14,17). The lowest BCUT2D eigenvalue weighted by atomic mass is 10.2. The molecule has 0 aromatic carbocycles. The molecule has 1 aliphatic heterocycles. The predicted octanol–water partition coefficient (Wildman–Crippen LogP) is -0.802. The molecule has 0 aromatic heterocycles. The van der Waals surface area contributed by atoms with Gasteiger partial charge < -0.3 is 5.32 Å². The summed E-state index contributed by atoms with van der Waals surface area (Å²) in [7, 11) is 1.34. The molecular weight excluding hydrogens is 250 g/mol. The maximum atomic E-state index is 11.4. The first kappa shape index (κ1) is 13.4. The molecule has 7 nitrogen and oxygen atoms in total. The second-order valence-electron chi connectivity index (χ2n) is 3.51. The molecular formula is C9H12ClN3O4. The number of likely N-dealkylation sites (N-methyl/N-ethyl adjacent to an activating group) is 1. The van der Waals surface area contributed by atoms with Crippen LogP contribution in [0, 0.1) is 0 Å². The average molecular weight is 262 g/mol. The van der Waals surface area contributed by atoms with E-state index in [2.05, 4.69) is 5.32 Å². The predicted molar refractivity (Wildman–Crippen MR) is 58.2 cm³/mol. The molecule has 1 aliphatic rings. The van der Waals surface area contributed by atoms with Crippen LogP contribution in [0.25, 0.3) is 0 Å². The van der Waals surface area contributed by atoms with Gasteiger partial charge in [-0.3, -0.25) is 24.6 Å². The van der Waals surface area contributed by atoms with E-state index in [4.69, 9.17) is 11.6 Å². The minimum atomic E-state index is -0.906. The second-order valence-corrected chi connectivity index (χ2v) is 3.89. The minimum absolute atomic E-state index is 0.00637. The van der Waals surface area contributed by atoms with Gasteiger partial charge in [-0.2, -0.15) is 0 Å². The van der Waals surface area contributed by atoms with Gasteiger partial charge in [-0.05, 0) is 0 Å². The highest BCUT2D eigenvalue weighted by Crippen LogP contribution is 2.09. The Hall–Kier alpha value is -1.63. The third-order valence-corrected chi connectivity index (χ3v) is 2.45. The normalized spacial score (nSPS) is 19.4. The van der Waals surface area contributed by atoms with E-state index < -0.39 is 23.9 Å². The molecule has 2 N–H and O–H groups in total. The first-order chi connectivity index (χ1) is 7.95. The number of rotatable bonds is 3. The molecule has 0 saturated carbocycles. The SMILES string of the molecule is CN1C(=O)CC(NC(=O)NC(=O)CCCl)C1=O. The van der Waals surface area contributed by atoms with Crippen molar-refractivity contribution in [2.24, 2.45) is 0 Å². The summed E-state index contributed by atoms with van der Waals surface area (Å²) in [6, 6.07) is -1.71. The highest BCUT2D eigenvalue weighted by Gasteiger charge is 2.37. The summed E-state index contributed by atoms with van der Waals surface area (Å²) in [4.78, 5) is 45.8. The number of nitrogens with one attached hydrogen (secondary N) is 2. The molecule has 5 amide bonds. The van der Waals surface area contributed by atoms with E-state index in [-0.39, 0.29) is 24.6 Å². The lowest BCUT2D eigenvalue weighted by molar-refractivity contribution is -0.137. The molecule has 1 unspecified atom stereocenters. The van der Waals surface area contributed by atoms with Crippen LogP contribution >= 0.6 is 11.6 Å². The zero-order valence-corrected chi connectivity index (χ0v) is 9.91. The Morgan fingerprint density at radius 1 is 1.47 bits per heavy atom. The number of hydrogen-bond donors (Lipinski definition) is 2. The third-order valence-electron chi connectivity index (χ3n) is 2.26.